The number of nitrogens with two attached hydrogens (primary N) is 1. The van der Waals surface area contributed by atoms with E-state index in [0.29, 0.717) is 0 Å². The highest BCUT2D eigenvalue weighted by atomic mass is 79.9. The van der Waals surface area contributed by atoms with Crippen LogP contribution in [-0.2, 0) is 13.5 Å². The van der Waals surface area contributed by atoms with Crippen LogP contribution in [0.3, 0.4) is 0 Å². The van der Waals surface area contributed by atoms with Crippen molar-refractivity contribution in [2.75, 3.05) is 0 Å². The number of aromatic nitrogens is 3. The molecule has 0 aliphatic carbocycles. The molecule has 0 aromatic carbocycles. The zero-order chi connectivity index (χ0) is 13.0. The molecule has 0 spiro atoms. The normalized spacial score (nSPS) is 12.6. The Morgan fingerprint density at radius 3 is 2.89 bits per heavy atom. The predicted octanol–water partition coefficient (Wildman–Crippen LogP) is 1.71. The summed E-state index contributed by atoms with van der Waals surface area (Å²) in [6, 6.07) is 3.87. The second kappa shape index (κ2) is 6.08. The predicted molar refractivity (Wildman–Crippen MR) is 73.5 cm³/mol. The van der Waals surface area contributed by atoms with Crippen LogP contribution in [0.25, 0.3) is 0 Å². The van der Waals surface area contributed by atoms with Crippen LogP contribution in [0, 0.1) is 0 Å². The number of imidazole rings is 1. The van der Waals surface area contributed by atoms with Crippen molar-refractivity contribution in [1.82, 2.24) is 20.0 Å². The topological polar surface area (TPSA) is 68.8 Å². The van der Waals surface area contributed by atoms with Gasteiger partial charge in [-0.3, -0.25) is 16.3 Å². The Labute approximate surface area is 115 Å². The minimum Gasteiger partial charge on any atom is -0.338 e. The molecular weight excluding hydrogens is 294 g/mol. The number of nitrogens with one attached hydrogen (secondary N) is 1. The average Bonchev–Trinajstić information content (AvgIpc) is 2.78. The van der Waals surface area contributed by atoms with Crippen molar-refractivity contribution in [3.8, 4) is 0 Å². The number of hydrogen-bond acceptors (Lipinski definition) is 4. The number of aryl methyl sites for hydroxylation is 2. The molecule has 18 heavy (non-hydrogen) atoms. The molecular formula is C12H16BrN5. The van der Waals surface area contributed by atoms with Gasteiger partial charge in [-0.25, -0.2) is 4.98 Å². The lowest BCUT2D eigenvalue weighted by Crippen LogP contribution is -2.29. The monoisotopic (exact) mass is 309 g/mol. The molecule has 0 saturated carbocycles. The van der Waals surface area contributed by atoms with E-state index >= 15 is 0 Å². The average molecular weight is 310 g/mol. The first-order valence-electron chi connectivity index (χ1n) is 5.75. The van der Waals surface area contributed by atoms with Crippen LogP contribution in [0.4, 0.5) is 0 Å². The van der Waals surface area contributed by atoms with Crippen LogP contribution in [0.15, 0.2) is 35.2 Å². The molecule has 0 aliphatic heterocycles. The molecule has 0 saturated heterocycles. The van der Waals surface area contributed by atoms with Gasteiger partial charge in [0, 0.05) is 36.5 Å². The van der Waals surface area contributed by atoms with Crippen molar-refractivity contribution in [3.05, 3.63) is 46.7 Å². The molecule has 0 amide bonds. The second-order valence-electron chi connectivity index (χ2n) is 4.08. The maximum atomic E-state index is 5.61. The van der Waals surface area contributed by atoms with E-state index in [1.165, 1.54) is 0 Å². The first kappa shape index (κ1) is 13.2. The lowest BCUT2D eigenvalue weighted by atomic mass is 10.1. The molecule has 2 heterocycles. The van der Waals surface area contributed by atoms with Crippen molar-refractivity contribution in [1.29, 1.82) is 0 Å². The van der Waals surface area contributed by atoms with Crippen molar-refractivity contribution < 1.29 is 0 Å². The van der Waals surface area contributed by atoms with E-state index in [9.17, 15) is 0 Å². The first-order valence-corrected chi connectivity index (χ1v) is 6.54. The molecule has 2 aromatic heterocycles. The number of pyridine rings is 1. The van der Waals surface area contributed by atoms with Crippen molar-refractivity contribution in [2.24, 2.45) is 12.9 Å². The molecule has 0 aliphatic rings. The van der Waals surface area contributed by atoms with Gasteiger partial charge in [0.05, 0.1) is 11.7 Å². The molecule has 2 rings (SSSR count). The zero-order valence-electron chi connectivity index (χ0n) is 10.2. The fourth-order valence-electron chi connectivity index (χ4n) is 1.86. The molecule has 0 fully saturated rings. The van der Waals surface area contributed by atoms with E-state index in [-0.39, 0.29) is 6.04 Å². The van der Waals surface area contributed by atoms with Crippen LogP contribution in [-0.4, -0.2) is 14.5 Å². The maximum Gasteiger partial charge on any atom is 0.108 e. The second-order valence-corrected chi connectivity index (χ2v) is 4.94. The Hall–Kier alpha value is -1.24. The zero-order valence-corrected chi connectivity index (χ0v) is 11.8. The molecule has 1 atom stereocenters. The molecule has 5 nitrogen and oxygen atoms in total. The summed E-state index contributed by atoms with van der Waals surface area (Å²) in [7, 11) is 1.99. The molecule has 96 valence electrons. The Morgan fingerprint density at radius 1 is 1.44 bits per heavy atom. The summed E-state index contributed by atoms with van der Waals surface area (Å²) in [4.78, 5) is 8.66. The van der Waals surface area contributed by atoms with Gasteiger partial charge >= 0.3 is 0 Å². The summed E-state index contributed by atoms with van der Waals surface area (Å²) in [6.45, 7) is 0. The number of nitrogens with zero attached hydrogens (tertiary/aromatic N) is 3. The number of hydrogen-bond donors (Lipinski definition) is 2. The molecule has 0 bridgehead atoms. The highest BCUT2D eigenvalue weighted by Gasteiger charge is 2.15. The molecule has 0 radical (unpaired) electrons. The van der Waals surface area contributed by atoms with Gasteiger partial charge in [0.1, 0.15) is 5.82 Å². The van der Waals surface area contributed by atoms with E-state index in [1.54, 1.807) is 12.4 Å². The quantitative estimate of drug-likeness (QED) is 0.652. The molecule has 6 heteroatoms. The largest absolute Gasteiger partial charge is 0.338 e. The van der Waals surface area contributed by atoms with Gasteiger partial charge in [-0.15, -0.1) is 0 Å². The van der Waals surface area contributed by atoms with E-state index < -0.39 is 0 Å². The van der Waals surface area contributed by atoms with Crippen molar-refractivity contribution in [2.45, 2.75) is 18.9 Å². The minimum atomic E-state index is 0.0114. The summed E-state index contributed by atoms with van der Waals surface area (Å²) in [6.07, 6.45) is 7.21. The van der Waals surface area contributed by atoms with E-state index in [4.69, 9.17) is 5.84 Å². The fourth-order valence-corrected chi connectivity index (χ4v) is 2.40. The van der Waals surface area contributed by atoms with E-state index in [1.807, 2.05) is 29.9 Å². The minimum absolute atomic E-state index is 0.0114. The summed E-state index contributed by atoms with van der Waals surface area (Å²) in [5.41, 5.74) is 3.74. The fraction of sp³-hybridized carbons (Fsp3) is 0.333. The number of rotatable bonds is 5. The lowest BCUT2D eigenvalue weighted by Gasteiger charge is -2.16. The number of hydrazine groups is 1. The van der Waals surface area contributed by atoms with Crippen LogP contribution >= 0.6 is 15.9 Å². The van der Waals surface area contributed by atoms with Crippen molar-refractivity contribution >= 4 is 15.9 Å². The van der Waals surface area contributed by atoms with Gasteiger partial charge in [0.25, 0.3) is 0 Å². The summed E-state index contributed by atoms with van der Waals surface area (Å²) in [5, 5.41) is 0. The highest BCUT2D eigenvalue weighted by Crippen LogP contribution is 2.23. The van der Waals surface area contributed by atoms with Crippen molar-refractivity contribution in [3.63, 3.8) is 0 Å². The van der Waals surface area contributed by atoms with E-state index in [2.05, 4.69) is 31.3 Å². The van der Waals surface area contributed by atoms with Gasteiger partial charge in [0.2, 0.25) is 0 Å². The molecule has 1 unspecified atom stereocenters. The molecule has 2 aromatic rings. The van der Waals surface area contributed by atoms with Gasteiger partial charge in [-0.1, -0.05) is 0 Å². The van der Waals surface area contributed by atoms with Crippen LogP contribution in [0.1, 0.15) is 24.0 Å². The third-order valence-electron chi connectivity index (χ3n) is 2.90. The molecule has 3 N–H and O–H groups in total. The Morgan fingerprint density at radius 2 is 2.28 bits per heavy atom. The third-order valence-corrected chi connectivity index (χ3v) is 3.57. The summed E-state index contributed by atoms with van der Waals surface area (Å²) in [5.74, 6) is 6.66. The SMILES string of the molecule is Cn1ccnc1CCC(NN)c1ncccc1Br. The van der Waals surface area contributed by atoms with Gasteiger partial charge in [-0.05, 0) is 34.5 Å². The first-order chi connectivity index (χ1) is 8.72. The smallest absolute Gasteiger partial charge is 0.108 e. The van der Waals surface area contributed by atoms with Gasteiger partial charge in [0.15, 0.2) is 0 Å². The number of halogens is 1. The maximum absolute atomic E-state index is 5.61. The lowest BCUT2D eigenvalue weighted by molar-refractivity contribution is 0.493. The highest BCUT2D eigenvalue weighted by molar-refractivity contribution is 9.10. The van der Waals surface area contributed by atoms with Crippen LogP contribution in [0.2, 0.25) is 0 Å². The summed E-state index contributed by atoms with van der Waals surface area (Å²) < 4.78 is 2.98. The Balaban J connectivity index is 2.07. The third kappa shape index (κ3) is 2.95. The van der Waals surface area contributed by atoms with Gasteiger partial charge in [-0.2, -0.15) is 0 Å². The van der Waals surface area contributed by atoms with Gasteiger partial charge < -0.3 is 4.57 Å². The van der Waals surface area contributed by atoms with Crippen LogP contribution in [0.5, 0.6) is 0 Å². The van der Waals surface area contributed by atoms with E-state index in [0.717, 1.165) is 28.8 Å². The van der Waals surface area contributed by atoms with Crippen LogP contribution < -0.4 is 11.3 Å². The summed E-state index contributed by atoms with van der Waals surface area (Å²) >= 11 is 3.49. The Bertz CT molecular complexity index is 511. The standard InChI is InChI=1S/C12H16BrN5/c1-18-8-7-15-11(18)5-4-10(17-14)12-9(13)3-2-6-16-12/h2-3,6-8,10,17H,4-5,14H2,1H3. The Kier molecular flexibility index (Phi) is 4.46.